The quantitative estimate of drug-likeness (QED) is 0.381. The lowest BCUT2D eigenvalue weighted by atomic mass is 10.1. The predicted octanol–water partition coefficient (Wildman–Crippen LogP) is 5.81. The van der Waals surface area contributed by atoms with Gasteiger partial charge >= 0.3 is 0 Å². The topological polar surface area (TPSA) is 51.7 Å². The van der Waals surface area contributed by atoms with Gasteiger partial charge in [-0.1, -0.05) is 65.4 Å². The first-order valence-electron chi connectivity index (χ1n) is 9.24. The number of thiazole rings is 1. The highest BCUT2D eigenvalue weighted by Gasteiger charge is 2.25. The number of anilines is 1. The zero-order valence-corrected chi connectivity index (χ0v) is 18.0. The summed E-state index contributed by atoms with van der Waals surface area (Å²) in [5, 5.41) is 0.943. The van der Waals surface area contributed by atoms with Gasteiger partial charge in [-0.2, -0.15) is 0 Å². The summed E-state index contributed by atoms with van der Waals surface area (Å²) >= 11 is 7.70. The summed E-state index contributed by atoms with van der Waals surface area (Å²) in [4.78, 5) is 19.9. The highest BCUT2D eigenvalue weighted by Crippen LogP contribution is 2.41. The van der Waals surface area contributed by atoms with Crippen molar-refractivity contribution in [3.63, 3.8) is 0 Å². The van der Waals surface area contributed by atoms with Crippen molar-refractivity contribution in [2.75, 3.05) is 19.1 Å². The van der Waals surface area contributed by atoms with E-state index in [2.05, 4.69) is 0 Å². The Labute approximate surface area is 183 Å². The van der Waals surface area contributed by atoms with E-state index in [1.165, 1.54) is 11.3 Å². The molecule has 0 aliphatic carbocycles. The van der Waals surface area contributed by atoms with Gasteiger partial charge in [0.25, 0.3) is 5.91 Å². The van der Waals surface area contributed by atoms with Crippen molar-refractivity contribution in [1.29, 1.82) is 0 Å². The normalized spacial score (nSPS) is 10.8. The third-order valence-electron chi connectivity index (χ3n) is 4.66. The van der Waals surface area contributed by atoms with Crippen LogP contribution in [0, 0.1) is 0 Å². The molecule has 3 aromatic carbocycles. The second kappa shape index (κ2) is 8.73. The fourth-order valence-corrected chi connectivity index (χ4v) is 4.45. The number of fused-ring (bicyclic) bond motifs is 1. The first-order valence-corrected chi connectivity index (χ1v) is 10.4. The van der Waals surface area contributed by atoms with Crippen molar-refractivity contribution < 1.29 is 14.3 Å². The Hall–Kier alpha value is -3.09. The van der Waals surface area contributed by atoms with Crippen molar-refractivity contribution in [3.8, 4) is 11.5 Å². The maximum absolute atomic E-state index is 13.5. The van der Waals surface area contributed by atoms with Crippen LogP contribution in [0.2, 0.25) is 5.02 Å². The summed E-state index contributed by atoms with van der Waals surface area (Å²) in [6.07, 6.45) is 0. The van der Waals surface area contributed by atoms with E-state index in [1.54, 1.807) is 43.4 Å². The molecular formula is C23H19ClN2O3S. The minimum atomic E-state index is -0.221. The molecule has 0 saturated carbocycles. The van der Waals surface area contributed by atoms with Crippen molar-refractivity contribution in [2.24, 2.45) is 0 Å². The molecule has 0 aliphatic heterocycles. The molecule has 0 saturated heterocycles. The zero-order chi connectivity index (χ0) is 21.1. The van der Waals surface area contributed by atoms with Gasteiger partial charge in [0.1, 0.15) is 21.7 Å². The monoisotopic (exact) mass is 438 g/mol. The van der Waals surface area contributed by atoms with Gasteiger partial charge in [0.15, 0.2) is 5.13 Å². The fourth-order valence-electron chi connectivity index (χ4n) is 3.16. The van der Waals surface area contributed by atoms with Gasteiger partial charge in [0.05, 0.1) is 31.4 Å². The standard InChI is InChI=1S/C23H19ClN2O3S/c1-28-18-12-13-19(29-2)21-20(18)25-23(30-21)26(14-15-8-4-3-5-9-15)22(27)16-10-6-7-11-17(16)24/h3-13H,14H2,1-2H3. The highest BCUT2D eigenvalue weighted by atomic mass is 35.5. The van der Waals surface area contributed by atoms with E-state index in [-0.39, 0.29) is 5.91 Å². The molecule has 0 bridgehead atoms. The Morgan fingerprint density at radius 1 is 0.967 bits per heavy atom. The first kappa shape index (κ1) is 20.2. The summed E-state index contributed by atoms with van der Waals surface area (Å²) in [5.74, 6) is 1.08. The Morgan fingerprint density at radius 2 is 1.63 bits per heavy atom. The van der Waals surface area contributed by atoms with Crippen LogP contribution < -0.4 is 14.4 Å². The van der Waals surface area contributed by atoms with Gasteiger partial charge in [0, 0.05) is 0 Å². The summed E-state index contributed by atoms with van der Waals surface area (Å²) in [6, 6.07) is 20.4. The lowest BCUT2D eigenvalue weighted by Gasteiger charge is -2.20. The number of methoxy groups -OCH3 is 2. The molecule has 4 rings (SSSR count). The molecule has 4 aromatic rings. The van der Waals surface area contributed by atoms with Crippen LogP contribution in [0.15, 0.2) is 66.7 Å². The number of nitrogens with zero attached hydrogens (tertiary/aromatic N) is 2. The van der Waals surface area contributed by atoms with E-state index < -0.39 is 0 Å². The number of rotatable bonds is 6. The van der Waals surface area contributed by atoms with Gasteiger partial charge < -0.3 is 9.47 Å². The highest BCUT2D eigenvalue weighted by molar-refractivity contribution is 7.22. The molecule has 1 heterocycles. The molecule has 1 amide bonds. The van der Waals surface area contributed by atoms with Crippen molar-refractivity contribution in [2.45, 2.75) is 6.54 Å². The second-order valence-corrected chi connectivity index (χ2v) is 7.89. The average Bonchev–Trinajstić information content (AvgIpc) is 3.22. The minimum Gasteiger partial charge on any atom is -0.495 e. The second-order valence-electron chi connectivity index (χ2n) is 6.50. The zero-order valence-electron chi connectivity index (χ0n) is 16.5. The van der Waals surface area contributed by atoms with Crippen molar-refractivity contribution >= 4 is 44.2 Å². The molecule has 1 aromatic heterocycles. The average molecular weight is 439 g/mol. The van der Waals surface area contributed by atoms with Crippen LogP contribution in [0.25, 0.3) is 10.2 Å². The van der Waals surface area contributed by atoms with Crippen LogP contribution in [0.1, 0.15) is 15.9 Å². The molecule has 0 N–H and O–H groups in total. The van der Waals surface area contributed by atoms with Crippen LogP contribution in [0.5, 0.6) is 11.5 Å². The van der Waals surface area contributed by atoms with Gasteiger partial charge in [-0.3, -0.25) is 9.69 Å². The number of carbonyl (C=O) groups excluding carboxylic acids is 1. The maximum Gasteiger partial charge on any atom is 0.261 e. The fraction of sp³-hybridized carbons (Fsp3) is 0.130. The Morgan fingerprint density at radius 3 is 2.33 bits per heavy atom. The molecule has 30 heavy (non-hydrogen) atoms. The largest absolute Gasteiger partial charge is 0.495 e. The molecular weight excluding hydrogens is 420 g/mol. The van der Waals surface area contributed by atoms with Gasteiger partial charge in [-0.15, -0.1) is 0 Å². The molecule has 5 nitrogen and oxygen atoms in total. The summed E-state index contributed by atoms with van der Waals surface area (Å²) in [6.45, 7) is 0.356. The third-order valence-corrected chi connectivity index (χ3v) is 6.09. The molecule has 0 spiro atoms. The van der Waals surface area contributed by atoms with E-state index in [4.69, 9.17) is 26.1 Å². The van der Waals surface area contributed by atoms with Gasteiger partial charge in [-0.25, -0.2) is 4.98 Å². The number of amides is 1. The Kier molecular flexibility index (Phi) is 5.88. The number of carbonyl (C=O) groups is 1. The number of benzene rings is 3. The maximum atomic E-state index is 13.5. The molecule has 0 atom stereocenters. The third kappa shape index (κ3) is 3.84. The molecule has 0 unspecified atom stereocenters. The number of halogens is 1. The molecule has 0 fully saturated rings. The number of ether oxygens (including phenoxy) is 2. The number of aromatic nitrogens is 1. The van der Waals surface area contributed by atoms with Gasteiger partial charge in [-0.05, 0) is 29.8 Å². The van der Waals surface area contributed by atoms with Crippen molar-refractivity contribution in [1.82, 2.24) is 4.98 Å². The lowest BCUT2D eigenvalue weighted by Crippen LogP contribution is -2.30. The van der Waals surface area contributed by atoms with Crippen LogP contribution in [0.4, 0.5) is 5.13 Å². The number of hydrogen-bond donors (Lipinski definition) is 0. The Bertz CT molecular complexity index is 1150. The molecule has 0 radical (unpaired) electrons. The molecule has 152 valence electrons. The van der Waals surface area contributed by atoms with Gasteiger partial charge in [0.2, 0.25) is 0 Å². The molecule has 0 aliphatic rings. The van der Waals surface area contributed by atoms with Crippen LogP contribution in [-0.2, 0) is 6.54 Å². The smallest absolute Gasteiger partial charge is 0.261 e. The van der Waals surface area contributed by atoms with Crippen LogP contribution in [-0.4, -0.2) is 25.1 Å². The number of hydrogen-bond acceptors (Lipinski definition) is 5. The molecule has 7 heteroatoms. The van der Waals surface area contributed by atoms with Crippen molar-refractivity contribution in [3.05, 3.63) is 82.9 Å². The summed E-state index contributed by atoms with van der Waals surface area (Å²) in [5.41, 5.74) is 2.06. The summed E-state index contributed by atoms with van der Waals surface area (Å²) in [7, 11) is 3.20. The van der Waals surface area contributed by atoms with E-state index in [0.717, 1.165) is 10.3 Å². The van der Waals surface area contributed by atoms with Crippen LogP contribution >= 0.6 is 22.9 Å². The lowest BCUT2D eigenvalue weighted by molar-refractivity contribution is 0.0985. The van der Waals surface area contributed by atoms with E-state index >= 15 is 0 Å². The summed E-state index contributed by atoms with van der Waals surface area (Å²) < 4.78 is 11.8. The predicted molar refractivity (Wildman–Crippen MR) is 121 cm³/mol. The van der Waals surface area contributed by atoms with E-state index in [0.29, 0.717) is 39.3 Å². The Balaban J connectivity index is 1.85. The van der Waals surface area contributed by atoms with E-state index in [1.807, 2.05) is 42.5 Å². The SMILES string of the molecule is COc1ccc(OC)c2sc(N(Cc3ccccc3)C(=O)c3ccccc3Cl)nc12. The first-order chi connectivity index (χ1) is 14.6. The van der Waals surface area contributed by atoms with Crippen LogP contribution in [0.3, 0.4) is 0 Å². The van der Waals surface area contributed by atoms with E-state index in [9.17, 15) is 4.79 Å². The minimum absolute atomic E-state index is 0.221.